The van der Waals surface area contributed by atoms with E-state index < -0.39 is 6.10 Å². The van der Waals surface area contributed by atoms with Crippen molar-refractivity contribution in [3.8, 4) is 5.75 Å². The van der Waals surface area contributed by atoms with Crippen LogP contribution in [0.15, 0.2) is 42.5 Å². The average Bonchev–Trinajstić information content (AvgIpc) is 3.35. The summed E-state index contributed by atoms with van der Waals surface area (Å²) in [5.41, 5.74) is 3.02. The quantitative estimate of drug-likeness (QED) is 0.324. The molecule has 2 aliphatic heterocycles. The van der Waals surface area contributed by atoms with Crippen molar-refractivity contribution < 1.29 is 29.8 Å². The van der Waals surface area contributed by atoms with Crippen LogP contribution in [0.5, 0.6) is 5.75 Å². The third kappa shape index (κ3) is 6.90. The fourth-order valence-corrected chi connectivity index (χ4v) is 5.01. The van der Waals surface area contributed by atoms with Gasteiger partial charge >= 0.3 is 0 Å². The largest absolute Gasteiger partial charge is 0.488 e. The summed E-state index contributed by atoms with van der Waals surface area (Å²) in [7, 11) is 0. The van der Waals surface area contributed by atoms with E-state index in [1.807, 2.05) is 12.1 Å². The van der Waals surface area contributed by atoms with Gasteiger partial charge in [-0.3, -0.25) is 0 Å². The summed E-state index contributed by atoms with van der Waals surface area (Å²) in [6.45, 7) is 9.12. The Morgan fingerprint density at radius 2 is 1.82 bits per heavy atom. The van der Waals surface area contributed by atoms with Gasteiger partial charge in [-0.2, -0.15) is 0 Å². The minimum atomic E-state index is -0.460. The Labute approximate surface area is 196 Å². The molecule has 2 fully saturated rings. The SMILES string of the molecule is OC(COc1c(C[NH2+]CCc2ccccc2F)cccc1N1CC[NH2+]CC1)C[NH+]1CCCC1. The Hall–Kier alpha value is -2.19. The van der Waals surface area contributed by atoms with Gasteiger partial charge in [0.15, 0.2) is 5.75 Å². The molecule has 2 aromatic rings. The van der Waals surface area contributed by atoms with Gasteiger partial charge in [-0.15, -0.1) is 0 Å². The molecule has 6 nitrogen and oxygen atoms in total. The molecule has 0 spiro atoms. The van der Waals surface area contributed by atoms with E-state index in [0.29, 0.717) is 13.0 Å². The molecule has 1 atom stereocenters. The highest BCUT2D eigenvalue weighted by atomic mass is 19.1. The molecule has 1 unspecified atom stereocenters. The van der Waals surface area contributed by atoms with Crippen molar-refractivity contribution in [2.45, 2.75) is 31.9 Å². The van der Waals surface area contributed by atoms with Crippen LogP contribution in [0.2, 0.25) is 0 Å². The smallest absolute Gasteiger partial charge is 0.151 e. The topological polar surface area (TPSA) is 70.4 Å². The monoisotopic (exact) mass is 459 g/mol. The zero-order chi connectivity index (χ0) is 22.9. The van der Waals surface area contributed by atoms with Crippen LogP contribution in [0.4, 0.5) is 10.1 Å². The number of aliphatic hydroxyl groups excluding tert-OH is 1. The maximum Gasteiger partial charge on any atom is 0.151 e. The van der Waals surface area contributed by atoms with Crippen molar-refractivity contribution in [2.24, 2.45) is 0 Å². The molecule has 0 aromatic heterocycles. The Kier molecular flexibility index (Phi) is 8.94. The molecule has 0 saturated carbocycles. The van der Waals surface area contributed by atoms with Crippen molar-refractivity contribution in [3.63, 3.8) is 0 Å². The van der Waals surface area contributed by atoms with Crippen LogP contribution in [0.3, 0.4) is 0 Å². The van der Waals surface area contributed by atoms with Gasteiger partial charge in [-0.1, -0.05) is 24.3 Å². The standard InChI is InChI=1S/C26H37FN4O2/c27-24-8-2-1-6-21(24)10-11-29-18-22-7-5-9-25(31-16-12-28-13-17-31)26(22)33-20-23(32)19-30-14-3-4-15-30/h1-2,5-9,23,28-29,32H,3-4,10-20H2/p+3. The van der Waals surface area contributed by atoms with E-state index in [9.17, 15) is 9.50 Å². The summed E-state index contributed by atoms with van der Waals surface area (Å²) < 4.78 is 20.2. The molecule has 2 saturated heterocycles. The number of likely N-dealkylation sites (tertiary alicyclic amines) is 1. The molecule has 2 aliphatic rings. The number of quaternary nitrogens is 3. The number of hydrogen-bond donors (Lipinski definition) is 4. The first-order valence-electron chi connectivity index (χ1n) is 12.6. The summed E-state index contributed by atoms with van der Waals surface area (Å²) in [4.78, 5) is 3.88. The van der Waals surface area contributed by atoms with E-state index >= 15 is 0 Å². The number of para-hydroxylation sites is 1. The van der Waals surface area contributed by atoms with Crippen molar-refractivity contribution in [2.75, 3.05) is 63.9 Å². The highest BCUT2D eigenvalue weighted by Crippen LogP contribution is 2.32. The Balaban J connectivity index is 1.40. The second-order valence-corrected chi connectivity index (χ2v) is 9.37. The molecule has 6 N–H and O–H groups in total. The lowest BCUT2D eigenvalue weighted by Crippen LogP contribution is -3.11. The van der Waals surface area contributed by atoms with Gasteiger partial charge in [0.25, 0.3) is 0 Å². The van der Waals surface area contributed by atoms with Crippen LogP contribution in [0.25, 0.3) is 0 Å². The number of halogens is 1. The summed E-state index contributed by atoms with van der Waals surface area (Å²) in [6, 6.07) is 13.4. The van der Waals surface area contributed by atoms with Crippen molar-refractivity contribution in [1.82, 2.24) is 0 Å². The molecular weight excluding hydrogens is 419 g/mol. The van der Waals surface area contributed by atoms with Gasteiger partial charge < -0.3 is 30.3 Å². The summed E-state index contributed by atoms with van der Waals surface area (Å²) in [5.74, 6) is 0.768. The fourth-order valence-electron chi connectivity index (χ4n) is 5.01. The van der Waals surface area contributed by atoms with Crippen molar-refractivity contribution in [1.29, 1.82) is 0 Å². The number of aliphatic hydroxyl groups is 1. The maximum absolute atomic E-state index is 13.9. The molecule has 0 amide bonds. The number of piperazine rings is 1. The Bertz CT molecular complexity index is 869. The van der Waals surface area contributed by atoms with E-state index in [2.05, 4.69) is 33.7 Å². The second-order valence-electron chi connectivity index (χ2n) is 9.37. The lowest BCUT2D eigenvalue weighted by Gasteiger charge is -2.30. The number of ether oxygens (including phenoxy) is 1. The molecule has 7 heteroatoms. The molecule has 0 bridgehead atoms. The summed E-state index contributed by atoms with van der Waals surface area (Å²) >= 11 is 0. The molecule has 2 aromatic carbocycles. The summed E-state index contributed by atoms with van der Waals surface area (Å²) in [5, 5.41) is 15.2. The van der Waals surface area contributed by atoms with Gasteiger partial charge in [0, 0.05) is 19.3 Å². The Morgan fingerprint density at radius 3 is 2.61 bits per heavy atom. The molecule has 2 heterocycles. The van der Waals surface area contributed by atoms with Crippen LogP contribution in [0, 0.1) is 5.82 Å². The highest BCUT2D eigenvalue weighted by Gasteiger charge is 2.23. The first kappa shape index (κ1) is 24.0. The molecule has 180 valence electrons. The van der Waals surface area contributed by atoms with Crippen LogP contribution < -0.4 is 25.2 Å². The predicted molar refractivity (Wildman–Crippen MR) is 127 cm³/mol. The average molecular weight is 460 g/mol. The zero-order valence-electron chi connectivity index (χ0n) is 19.6. The number of nitrogens with one attached hydrogen (secondary N) is 1. The first-order chi connectivity index (χ1) is 16.2. The molecule has 4 rings (SSSR count). The number of nitrogens with zero attached hydrogens (tertiary/aromatic N) is 1. The highest BCUT2D eigenvalue weighted by molar-refractivity contribution is 5.62. The van der Waals surface area contributed by atoms with Crippen LogP contribution in [0.1, 0.15) is 24.0 Å². The lowest BCUT2D eigenvalue weighted by molar-refractivity contribution is -0.890. The first-order valence-corrected chi connectivity index (χ1v) is 12.6. The van der Waals surface area contributed by atoms with E-state index in [1.165, 1.54) is 23.8 Å². The minimum absolute atomic E-state index is 0.132. The van der Waals surface area contributed by atoms with Gasteiger partial charge in [0.05, 0.1) is 57.1 Å². The molecular formula is C26H40FN4O2+3. The van der Waals surface area contributed by atoms with Gasteiger partial charge in [0.2, 0.25) is 0 Å². The van der Waals surface area contributed by atoms with Crippen LogP contribution >= 0.6 is 0 Å². The number of rotatable bonds is 11. The normalized spacial score (nSPS) is 17.9. The Morgan fingerprint density at radius 1 is 1.06 bits per heavy atom. The van der Waals surface area contributed by atoms with Crippen molar-refractivity contribution >= 4 is 5.69 Å². The molecule has 33 heavy (non-hydrogen) atoms. The maximum atomic E-state index is 13.9. The number of anilines is 1. The number of hydrogen-bond acceptors (Lipinski definition) is 3. The minimum Gasteiger partial charge on any atom is -0.488 e. The third-order valence-corrected chi connectivity index (χ3v) is 6.82. The molecule has 0 radical (unpaired) electrons. The van der Waals surface area contributed by atoms with Crippen LogP contribution in [-0.2, 0) is 13.0 Å². The number of benzene rings is 2. The predicted octanol–water partition coefficient (Wildman–Crippen LogP) is -1.07. The lowest BCUT2D eigenvalue weighted by atomic mass is 10.1. The van der Waals surface area contributed by atoms with Crippen LogP contribution in [-0.4, -0.2) is 70.2 Å². The number of nitrogens with two attached hydrogens (primary N) is 2. The van der Waals surface area contributed by atoms with Gasteiger partial charge in [-0.05, 0) is 23.8 Å². The zero-order valence-corrected chi connectivity index (χ0v) is 19.6. The fraction of sp³-hybridized carbons (Fsp3) is 0.538. The van der Waals surface area contributed by atoms with E-state index in [0.717, 1.165) is 81.5 Å². The van der Waals surface area contributed by atoms with E-state index in [1.54, 1.807) is 6.07 Å². The summed E-state index contributed by atoms with van der Waals surface area (Å²) in [6.07, 6.45) is 2.75. The van der Waals surface area contributed by atoms with Gasteiger partial charge in [-0.25, -0.2) is 4.39 Å². The second kappa shape index (κ2) is 12.3. The van der Waals surface area contributed by atoms with E-state index in [4.69, 9.17) is 4.74 Å². The van der Waals surface area contributed by atoms with E-state index in [-0.39, 0.29) is 5.82 Å². The van der Waals surface area contributed by atoms with Gasteiger partial charge in [0.1, 0.15) is 31.6 Å². The van der Waals surface area contributed by atoms with Crippen molar-refractivity contribution in [3.05, 3.63) is 59.4 Å². The molecule has 0 aliphatic carbocycles. The third-order valence-electron chi connectivity index (χ3n) is 6.82.